The molecule has 0 unspecified atom stereocenters. The van der Waals surface area contributed by atoms with Crippen LogP contribution >= 0.6 is 0 Å². The van der Waals surface area contributed by atoms with Gasteiger partial charge in [-0.15, -0.1) is 0 Å². The molecule has 5 heteroatoms. The molecule has 0 aromatic rings. The molecule has 17 heavy (non-hydrogen) atoms. The van der Waals surface area contributed by atoms with Gasteiger partial charge in [0.1, 0.15) is 6.04 Å². The van der Waals surface area contributed by atoms with E-state index in [9.17, 15) is 4.79 Å². The lowest BCUT2D eigenvalue weighted by atomic mass is 10.2. The zero-order chi connectivity index (χ0) is 13.7. The Hall–Kier alpha value is -0.650. The third-order valence-electron chi connectivity index (χ3n) is 1.82. The summed E-state index contributed by atoms with van der Waals surface area (Å²) in [7, 11) is 0. The molecule has 1 atom stereocenters. The molecule has 0 spiro atoms. The van der Waals surface area contributed by atoms with E-state index in [4.69, 9.17) is 14.6 Å². The SMILES string of the molecule is CC(C)(C)OCN[C@@H](COC(C)(C)C)C(=O)O. The van der Waals surface area contributed by atoms with E-state index in [0.29, 0.717) is 0 Å². The molecule has 0 aliphatic rings. The van der Waals surface area contributed by atoms with Crippen molar-refractivity contribution in [1.82, 2.24) is 5.32 Å². The van der Waals surface area contributed by atoms with Gasteiger partial charge in [-0.2, -0.15) is 0 Å². The molecule has 0 saturated heterocycles. The normalized spacial score (nSPS) is 14.7. The first-order chi connectivity index (χ1) is 7.51. The Labute approximate surface area is 103 Å². The summed E-state index contributed by atoms with van der Waals surface area (Å²) in [6, 6.07) is -0.753. The summed E-state index contributed by atoms with van der Waals surface area (Å²) in [5, 5.41) is 11.8. The largest absolute Gasteiger partial charge is 0.480 e. The minimum atomic E-state index is -0.938. The molecule has 0 fully saturated rings. The lowest BCUT2D eigenvalue weighted by Gasteiger charge is -2.25. The van der Waals surface area contributed by atoms with Crippen LogP contribution in [0.3, 0.4) is 0 Å². The number of carboxylic acids is 1. The average molecular weight is 247 g/mol. The standard InChI is InChI=1S/C12H25NO4/c1-11(2,3)16-7-9(10(14)15)13-8-17-12(4,5)6/h9,13H,7-8H2,1-6H3,(H,14,15)/t9-/m0/s1. The van der Waals surface area contributed by atoms with Gasteiger partial charge < -0.3 is 14.6 Å². The Bertz CT molecular complexity index is 240. The Morgan fingerprint density at radius 1 is 1.12 bits per heavy atom. The van der Waals surface area contributed by atoms with E-state index in [1.807, 2.05) is 41.5 Å². The summed E-state index contributed by atoms with van der Waals surface area (Å²) in [5.41, 5.74) is -0.638. The van der Waals surface area contributed by atoms with Crippen molar-refractivity contribution in [2.24, 2.45) is 0 Å². The van der Waals surface area contributed by atoms with Gasteiger partial charge in [-0.25, -0.2) is 0 Å². The number of hydrogen-bond donors (Lipinski definition) is 2. The van der Waals surface area contributed by atoms with Crippen molar-refractivity contribution < 1.29 is 19.4 Å². The molecule has 0 bridgehead atoms. The first-order valence-corrected chi connectivity index (χ1v) is 5.75. The van der Waals surface area contributed by atoms with Crippen molar-refractivity contribution in [3.8, 4) is 0 Å². The van der Waals surface area contributed by atoms with Gasteiger partial charge in [0.15, 0.2) is 0 Å². The van der Waals surface area contributed by atoms with Crippen LogP contribution in [0.4, 0.5) is 0 Å². The fraction of sp³-hybridized carbons (Fsp3) is 0.917. The second-order valence-corrected chi connectivity index (χ2v) is 5.92. The highest BCUT2D eigenvalue weighted by Crippen LogP contribution is 2.08. The van der Waals surface area contributed by atoms with Crippen molar-refractivity contribution in [1.29, 1.82) is 0 Å². The van der Waals surface area contributed by atoms with E-state index in [2.05, 4.69) is 5.32 Å². The quantitative estimate of drug-likeness (QED) is 0.698. The molecule has 0 rings (SSSR count). The molecule has 0 aliphatic heterocycles. The zero-order valence-corrected chi connectivity index (χ0v) is 11.7. The number of hydrogen-bond acceptors (Lipinski definition) is 4. The maximum Gasteiger partial charge on any atom is 0.323 e. The Balaban J connectivity index is 4.05. The number of ether oxygens (including phenoxy) is 2. The Morgan fingerprint density at radius 3 is 1.94 bits per heavy atom. The fourth-order valence-corrected chi connectivity index (χ4v) is 0.910. The van der Waals surface area contributed by atoms with E-state index >= 15 is 0 Å². The molecular formula is C12H25NO4. The molecule has 0 aromatic heterocycles. The lowest BCUT2D eigenvalue weighted by molar-refractivity contribution is -0.144. The predicted octanol–water partition coefficient (Wildman–Crippen LogP) is 1.62. The molecule has 0 heterocycles. The number of rotatable bonds is 6. The average Bonchev–Trinajstić information content (AvgIpc) is 2.06. The van der Waals surface area contributed by atoms with E-state index in [-0.39, 0.29) is 24.5 Å². The van der Waals surface area contributed by atoms with Crippen LogP contribution < -0.4 is 5.32 Å². The number of carbonyl (C=O) groups is 1. The highest BCUT2D eigenvalue weighted by molar-refractivity contribution is 5.73. The Kier molecular flexibility index (Phi) is 6.09. The third kappa shape index (κ3) is 10.2. The van der Waals surface area contributed by atoms with Crippen LogP contribution in [0.15, 0.2) is 0 Å². The maximum atomic E-state index is 11.0. The molecule has 0 radical (unpaired) electrons. The summed E-state index contributed by atoms with van der Waals surface area (Å²) in [5.74, 6) is -0.938. The molecule has 0 aromatic carbocycles. The molecule has 0 amide bonds. The van der Waals surface area contributed by atoms with E-state index < -0.39 is 12.0 Å². The molecule has 102 valence electrons. The van der Waals surface area contributed by atoms with Crippen molar-refractivity contribution in [2.75, 3.05) is 13.3 Å². The van der Waals surface area contributed by atoms with Crippen LogP contribution in [0.25, 0.3) is 0 Å². The number of nitrogens with one attached hydrogen (secondary N) is 1. The van der Waals surface area contributed by atoms with Crippen LogP contribution in [0.2, 0.25) is 0 Å². The summed E-state index contributed by atoms with van der Waals surface area (Å²) in [4.78, 5) is 11.0. The van der Waals surface area contributed by atoms with Crippen molar-refractivity contribution in [3.63, 3.8) is 0 Å². The monoisotopic (exact) mass is 247 g/mol. The van der Waals surface area contributed by atoms with Crippen LogP contribution in [0.5, 0.6) is 0 Å². The number of carboxylic acid groups (broad SMARTS) is 1. The highest BCUT2D eigenvalue weighted by Gasteiger charge is 2.21. The van der Waals surface area contributed by atoms with E-state index in [1.165, 1.54) is 0 Å². The molecule has 0 aliphatic carbocycles. The molecular weight excluding hydrogens is 222 g/mol. The lowest BCUT2D eigenvalue weighted by Crippen LogP contribution is -2.44. The van der Waals surface area contributed by atoms with E-state index in [0.717, 1.165) is 0 Å². The second kappa shape index (κ2) is 6.33. The van der Waals surface area contributed by atoms with Gasteiger partial charge in [-0.3, -0.25) is 10.1 Å². The summed E-state index contributed by atoms with van der Waals surface area (Å²) >= 11 is 0. The van der Waals surface area contributed by atoms with Crippen LogP contribution in [-0.2, 0) is 14.3 Å². The van der Waals surface area contributed by atoms with Crippen LogP contribution in [0.1, 0.15) is 41.5 Å². The van der Waals surface area contributed by atoms with Gasteiger partial charge in [0, 0.05) is 0 Å². The zero-order valence-electron chi connectivity index (χ0n) is 11.7. The second-order valence-electron chi connectivity index (χ2n) is 5.92. The van der Waals surface area contributed by atoms with Gasteiger partial charge in [-0.05, 0) is 41.5 Å². The highest BCUT2D eigenvalue weighted by atomic mass is 16.5. The minimum absolute atomic E-state index is 0.117. The van der Waals surface area contributed by atoms with Gasteiger partial charge in [-0.1, -0.05) is 0 Å². The maximum absolute atomic E-state index is 11.0. The van der Waals surface area contributed by atoms with Gasteiger partial charge >= 0.3 is 5.97 Å². The summed E-state index contributed by atoms with van der Waals surface area (Å²) in [6.45, 7) is 11.7. The van der Waals surface area contributed by atoms with Gasteiger partial charge in [0.25, 0.3) is 0 Å². The first-order valence-electron chi connectivity index (χ1n) is 5.75. The van der Waals surface area contributed by atoms with E-state index in [1.54, 1.807) is 0 Å². The fourth-order valence-electron chi connectivity index (χ4n) is 0.910. The third-order valence-corrected chi connectivity index (χ3v) is 1.82. The minimum Gasteiger partial charge on any atom is -0.480 e. The van der Waals surface area contributed by atoms with Crippen molar-refractivity contribution in [3.05, 3.63) is 0 Å². The first kappa shape index (κ1) is 16.4. The van der Waals surface area contributed by atoms with Crippen molar-refractivity contribution >= 4 is 5.97 Å². The molecule has 2 N–H and O–H groups in total. The summed E-state index contributed by atoms with van der Waals surface area (Å²) in [6.07, 6.45) is 0. The smallest absolute Gasteiger partial charge is 0.323 e. The van der Waals surface area contributed by atoms with Crippen molar-refractivity contribution in [2.45, 2.75) is 58.8 Å². The van der Waals surface area contributed by atoms with Crippen LogP contribution in [0, 0.1) is 0 Å². The van der Waals surface area contributed by atoms with Crippen LogP contribution in [-0.4, -0.2) is 41.7 Å². The molecule has 0 saturated carbocycles. The predicted molar refractivity (Wildman–Crippen MR) is 66.0 cm³/mol. The molecule has 5 nitrogen and oxygen atoms in total. The number of aliphatic carboxylic acids is 1. The summed E-state index contributed by atoms with van der Waals surface area (Å²) < 4.78 is 10.8. The Morgan fingerprint density at radius 2 is 1.59 bits per heavy atom. The van der Waals surface area contributed by atoms with Gasteiger partial charge in [0.2, 0.25) is 0 Å². The topological polar surface area (TPSA) is 67.8 Å². The van der Waals surface area contributed by atoms with Gasteiger partial charge in [0.05, 0.1) is 24.5 Å².